The average Bonchev–Trinajstić information content (AvgIpc) is 3.26. The summed E-state index contributed by atoms with van der Waals surface area (Å²) in [5.41, 5.74) is 1.28. The minimum Gasteiger partial charge on any atom is -0.312 e. The highest BCUT2D eigenvalue weighted by atomic mass is 32.2. The number of hydrogen-bond donors (Lipinski definition) is 1. The van der Waals surface area contributed by atoms with Crippen LogP contribution in [0.15, 0.2) is 30.3 Å². The molecule has 20 heavy (non-hydrogen) atoms. The van der Waals surface area contributed by atoms with Gasteiger partial charge in [-0.3, -0.25) is 4.90 Å². The Morgan fingerprint density at radius 3 is 2.40 bits per heavy atom. The minimum absolute atomic E-state index is 0.285. The van der Waals surface area contributed by atoms with Gasteiger partial charge < -0.3 is 5.32 Å². The van der Waals surface area contributed by atoms with E-state index < -0.39 is 9.84 Å². The molecule has 1 aliphatic heterocycles. The summed E-state index contributed by atoms with van der Waals surface area (Å²) in [7, 11) is -2.81. The lowest BCUT2D eigenvalue weighted by molar-refractivity contribution is 0.208. The Morgan fingerprint density at radius 1 is 1.15 bits per heavy atom. The summed E-state index contributed by atoms with van der Waals surface area (Å²) in [5, 5.41) is 3.58. The van der Waals surface area contributed by atoms with Gasteiger partial charge in [-0.15, -0.1) is 0 Å². The number of hydrogen-bond acceptors (Lipinski definition) is 4. The summed E-state index contributed by atoms with van der Waals surface area (Å²) in [6.07, 6.45) is 2.55. The first kappa shape index (κ1) is 14.0. The van der Waals surface area contributed by atoms with E-state index in [9.17, 15) is 8.42 Å². The van der Waals surface area contributed by atoms with Gasteiger partial charge in [0.25, 0.3) is 0 Å². The zero-order chi connectivity index (χ0) is 14.0. The molecule has 2 aliphatic rings. The highest BCUT2D eigenvalue weighted by Crippen LogP contribution is 2.25. The molecule has 1 unspecified atom stereocenters. The molecular weight excluding hydrogens is 272 g/mol. The summed E-state index contributed by atoms with van der Waals surface area (Å²) < 4.78 is 23.2. The number of benzene rings is 1. The molecule has 3 rings (SSSR count). The standard InChI is InChI=1S/C15H22N2O2S/c18-20(19)10-8-17(9-11-20)15(12-16-14-6-7-14)13-4-2-1-3-5-13/h1-5,14-16H,6-12H2. The van der Waals surface area contributed by atoms with E-state index in [1.54, 1.807) is 0 Å². The second-order valence-electron chi connectivity index (χ2n) is 5.80. The summed E-state index contributed by atoms with van der Waals surface area (Å²) in [6, 6.07) is 11.4. The number of nitrogens with one attached hydrogen (secondary N) is 1. The van der Waals surface area contributed by atoms with Crippen molar-refractivity contribution in [2.45, 2.75) is 24.9 Å². The Kier molecular flexibility index (Phi) is 4.10. The van der Waals surface area contributed by atoms with Gasteiger partial charge in [0.2, 0.25) is 0 Å². The van der Waals surface area contributed by atoms with Crippen molar-refractivity contribution in [3.05, 3.63) is 35.9 Å². The summed E-state index contributed by atoms with van der Waals surface area (Å²) >= 11 is 0. The molecule has 0 aromatic heterocycles. The lowest BCUT2D eigenvalue weighted by Crippen LogP contribution is -2.45. The summed E-state index contributed by atoms with van der Waals surface area (Å²) in [5.74, 6) is 0.583. The molecule has 5 heteroatoms. The Hall–Kier alpha value is -0.910. The number of sulfone groups is 1. The van der Waals surface area contributed by atoms with Crippen molar-refractivity contribution in [3.63, 3.8) is 0 Å². The average molecular weight is 294 g/mol. The van der Waals surface area contributed by atoms with Crippen molar-refractivity contribution < 1.29 is 8.42 Å². The first-order valence-corrected chi connectivity index (χ1v) is 9.19. The van der Waals surface area contributed by atoms with Crippen LogP contribution in [-0.2, 0) is 9.84 Å². The molecule has 1 aromatic carbocycles. The van der Waals surface area contributed by atoms with E-state index in [0.29, 0.717) is 30.6 Å². The van der Waals surface area contributed by atoms with Gasteiger partial charge in [-0.25, -0.2) is 8.42 Å². The van der Waals surface area contributed by atoms with E-state index in [1.807, 2.05) is 6.07 Å². The van der Waals surface area contributed by atoms with Crippen LogP contribution < -0.4 is 5.32 Å². The van der Waals surface area contributed by atoms with Crippen LogP contribution >= 0.6 is 0 Å². The molecule has 1 aliphatic carbocycles. The van der Waals surface area contributed by atoms with Crippen molar-refractivity contribution in [3.8, 4) is 0 Å². The van der Waals surface area contributed by atoms with E-state index in [4.69, 9.17) is 0 Å². The highest BCUT2D eigenvalue weighted by Gasteiger charge is 2.29. The fourth-order valence-corrected chi connectivity index (χ4v) is 3.97. The molecule has 2 fully saturated rings. The third-order valence-electron chi connectivity index (χ3n) is 4.18. The van der Waals surface area contributed by atoms with Gasteiger partial charge in [0, 0.05) is 31.7 Å². The molecule has 1 aromatic rings. The first-order valence-electron chi connectivity index (χ1n) is 7.37. The van der Waals surface area contributed by atoms with E-state index in [-0.39, 0.29) is 6.04 Å². The fourth-order valence-electron chi connectivity index (χ4n) is 2.74. The highest BCUT2D eigenvalue weighted by molar-refractivity contribution is 7.91. The molecular formula is C15H22N2O2S. The van der Waals surface area contributed by atoms with Crippen LogP contribution in [-0.4, -0.2) is 50.5 Å². The van der Waals surface area contributed by atoms with Gasteiger partial charge in [-0.05, 0) is 18.4 Å². The van der Waals surface area contributed by atoms with Crippen LogP contribution in [0.3, 0.4) is 0 Å². The first-order chi connectivity index (χ1) is 9.64. The van der Waals surface area contributed by atoms with E-state index >= 15 is 0 Å². The maximum atomic E-state index is 11.6. The van der Waals surface area contributed by atoms with E-state index in [1.165, 1.54) is 18.4 Å². The van der Waals surface area contributed by atoms with Crippen molar-refractivity contribution in [1.82, 2.24) is 10.2 Å². The van der Waals surface area contributed by atoms with Crippen LogP contribution in [0.25, 0.3) is 0 Å². The molecule has 1 N–H and O–H groups in total. The minimum atomic E-state index is -2.81. The molecule has 0 radical (unpaired) electrons. The summed E-state index contributed by atoms with van der Waals surface area (Å²) in [6.45, 7) is 2.21. The Balaban J connectivity index is 1.71. The largest absolute Gasteiger partial charge is 0.312 e. The van der Waals surface area contributed by atoms with Crippen LogP contribution in [0.1, 0.15) is 24.4 Å². The zero-order valence-electron chi connectivity index (χ0n) is 11.7. The third kappa shape index (κ3) is 3.59. The molecule has 0 spiro atoms. The van der Waals surface area contributed by atoms with Gasteiger partial charge >= 0.3 is 0 Å². The van der Waals surface area contributed by atoms with Crippen LogP contribution in [0.5, 0.6) is 0 Å². The zero-order valence-corrected chi connectivity index (χ0v) is 12.5. The smallest absolute Gasteiger partial charge is 0.152 e. The van der Waals surface area contributed by atoms with E-state index in [0.717, 1.165) is 6.54 Å². The van der Waals surface area contributed by atoms with Gasteiger partial charge in [-0.1, -0.05) is 30.3 Å². The lowest BCUT2D eigenvalue weighted by Gasteiger charge is -2.35. The van der Waals surface area contributed by atoms with Gasteiger partial charge in [0.1, 0.15) is 0 Å². The van der Waals surface area contributed by atoms with E-state index in [2.05, 4.69) is 34.5 Å². The Morgan fingerprint density at radius 2 is 1.80 bits per heavy atom. The molecule has 4 nitrogen and oxygen atoms in total. The maximum Gasteiger partial charge on any atom is 0.152 e. The molecule has 0 bridgehead atoms. The van der Waals surface area contributed by atoms with Crippen molar-refractivity contribution in [1.29, 1.82) is 0 Å². The molecule has 1 saturated carbocycles. The predicted molar refractivity (Wildman–Crippen MR) is 80.4 cm³/mol. The van der Waals surface area contributed by atoms with Crippen LogP contribution in [0.4, 0.5) is 0 Å². The second kappa shape index (κ2) is 5.84. The quantitative estimate of drug-likeness (QED) is 0.887. The van der Waals surface area contributed by atoms with Gasteiger partial charge in [0.15, 0.2) is 9.84 Å². The molecule has 110 valence electrons. The number of nitrogens with zero attached hydrogens (tertiary/aromatic N) is 1. The third-order valence-corrected chi connectivity index (χ3v) is 5.79. The monoisotopic (exact) mass is 294 g/mol. The SMILES string of the molecule is O=S1(=O)CCN(C(CNC2CC2)c2ccccc2)CC1. The van der Waals surface area contributed by atoms with Crippen LogP contribution in [0, 0.1) is 0 Å². The normalized spacial score (nSPS) is 24.4. The molecule has 1 atom stereocenters. The van der Waals surface area contributed by atoms with Crippen molar-refractivity contribution in [2.24, 2.45) is 0 Å². The molecule has 1 saturated heterocycles. The number of rotatable bonds is 5. The second-order valence-corrected chi connectivity index (χ2v) is 8.10. The summed E-state index contributed by atoms with van der Waals surface area (Å²) in [4.78, 5) is 2.31. The lowest BCUT2D eigenvalue weighted by atomic mass is 10.1. The Bertz CT molecular complexity index is 526. The Labute approximate surface area is 121 Å². The topological polar surface area (TPSA) is 49.4 Å². The van der Waals surface area contributed by atoms with Crippen molar-refractivity contribution >= 4 is 9.84 Å². The van der Waals surface area contributed by atoms with Crippen molar-refractivity contribution in [2.75, 3.05) is 31.1 Å². The fraction of sp³-hybridized carbons (Fsp3) is 0.600. The molecule has 0 amide bonds. The maximum absolute atomic E-state index is 11.6. The van der Waals surface area contributed by atoms with Gasteiger partial charge in [0.05, 0.1) is 11.5 Å². The predicted octanol–water partition coefficient (Wildman–Crippen LogP) is 1.21. The molecule has 1 heterocycles. The van der Waals surface area contributed by atoms with Crippen LogP contribution in [0.2, 0.25) is 0 Å². The van der Waals surface area contributed by atoms with Gasteiger partial charge in [-0.2, -0.15) is 0 Å².